The van der Waals surface area contributed by atoms with E-state index < -0.39 is 18.0 Å². The van der Waals surface area contributed by atoms with Crippen LogP contribution in [0.4, 0.5) is 5.69 Å². The van der Waals surface area contributed by atoms with E-state index in [1.165, 1.54) is 7.11 Å². The Balaban J connectivity index is 2.09. The molecule has 0 saturated carbocycles. The van der Waals surface area contributed by atoms with Gasteiger partial charge in [0.25, 0.3) is 5.91 Å². The largest absolute Gasteiger partial charge is 0.481 e. The standard InChI is InChI=1S/C18H16N2O4/c1-12(24-14-7-5-6-13(10-14)11-19)17(21)20-16-9-4-3-8-15(16)18(22)23-2/h3-10,12H,1-2H3,(H,20,21). The molecule has 0 radical (unpaired) electrons. The van der Waals surface area contributed by atoms with E-state index in [9.17, 15) is 9.59 Å². The fraction of sp³-hybridized carbons (Fsp3) is 0.167. The number of hydrogen-bond donors (Lipinski definition) is 1. The molecule has 2 rings (SSSR count). The maximum Gasteiger partial charge on any atom is 0.339 e. The van der Waals surface area contributed by atoms with Crippen molar-refractivity contribution in [2.45, 2.75) is 13.0 Å². The zero-order valence-electron chi connectivity index (χ0n) is 13.3. The fourth-order valence-electron chi connectivity index (χ4n) is 2.01. The maximum absolute atomic E-state index is 12.3. The molecular weight excluding hydrogens is 308 g/mol. The Morgan fingerprint density at radius 2 is 1.92 bits per heavy atom. The zero-order valence-corrected chi connectivity index (χ0v) is 13.3. The zero-order chi connectivity index (χ0) is 17.5. The highest BCUT2D eigenvalue weighted by molar-refractivity contribution is 6.02. The minimum atomic E-state index is -0.815. The van der Waals surface area contributed by atoms with Crippen molar-refractivity contribution < 1.29 is 19.1 Å². The Hall–Kier alpha value is -3.33. The van der Waals surface area contributed by atoms with Gasteiger partial charge in [0.2, 0.25) is 0 Å². The number of nitrogens with zero attached hydrogens (tertiary/aromatic N) is 1. The summed E-state index contributed by atoms with van der Waals surface area (Å²) in [4.78, 5) is 24.0. The quantitative estimate of drug-likeness (QED) is 0.854. The molecule has 24 heavy (non-hydrogen) atoms. The average molecular weight is 324 g/mol. The molecule has 1 amide bonds. The number of carbonyl (C=O) groups is 2. The Labute approximate surface area is 139 Å². The van der Waals surface area contributed by atoms with Gasteiger partial charge in [0, 0.05) is 0 Å². The number of ether oxygens (including phenoxy) is 2. The van der Waals surface area contributed by atoms with E-state index in [0.29, 0.717) is 17.0 Å². The number of para-hydroxylation sites is 1. The molecule has 6 nitrogen and oxygen atoms in total. The van der Waals surface area contributed by atoms with Gasteiger partial charge in [-0.25, -0.2) is 4.79 Å². The van der Waals surface area contributed by atoms with Crippen molar-refractivity contribution in [2.24, 2.45) is 0 Å². The number of methoxy groups -OCH3 is 1. The molecule has 122 valence electrons. The summed E-state index contributed by atoms with van der Waals surface area (Å²) in [6, 6.07) is 15.1. The summed E-state index contributed by atoms with van der Waals surface area (Å²) >= 11 is 0. The highest BCUT2D eigenvalue weighted by atomic mass is 16.5. The number of hydrogen-bond acceptors (Lipinski definition) is 5. The molecule has 1 atom stereocenters. The first-order valence-electron chi connectivity index (χ1n) is 7.20. The Kier molecular flexibility index (Phi) is 5.53. The van der Waals surface area contributed by atoms with Crippen molar-refractivity contribution in [3.05, 3.63) is 59.7 Å². The second-order valence-corrected chi connectivity index (χ2v) is 4.93. The van der Waals surface area contributed by atoms with Crippen molar-refractivity contribution >= 4 is 17.6 Å². The monoisotopic (exact) mass is 324 g/mol. The number of rotatable bonds is 5. The van der Waals surface area contributed by atoms with Gasteiger partial charge >= 0.3 is 5.97 Å². The lowest BCUT2D eigenvalue weighted by Gasteiger charge is -2.16. The third kappa shape index (κ3) is 4.11. The third-order valence-electron chi connectivity index (χ3n) is 3.24. The molecule has 2 aromatic carbocycles. The van der Waals surface area contributed by atoms with Gasteiger partial charge in [-0.3, -0.25) is 4.79 Å². The molecule has 0 bridgehead atoms. The van der Waals surface area contributed by atoms with Gasteiger partial charge in [0.15, 0.2) is 6.10 Å². The van der Waals surface area contributed by atoms with Crippen LogP contribution >= 0.6 is 0 Å². The van der Waals surface area contributed by atoms with E-state index in [1.807, 2.05) is 6.07 Å². The Morgan fingerprint density at radius 3 is 2.62 bits per heavy atom. The van der Waals surface area contributed by atoms with Gasteiger partial charge in [-0.2, -0.15) is 5.26 Å². The Bertz CT molecular complexity index is 796. The van der Waals surface area contributed by atoms with Gasteiger partial charge in [-0.05, 0) is 37.3 Å². The van der Waals surface area contributed by atoms with Crippen LogP contribution in [-0.2, 0) is 9.53 Å². The molecule has 0 saturated heterocycles. The smallest absolute Gasteiger partial charge is 0.339 e. The highest BCUT2D eigenvalue weighted by Crippen LogP contribution is 2.18. The first kappa shape index (κ1) is 17.0. The minimum absolute atomic E-state index is 0.257. The number of nitriles is 1. The van der Waals surface area contributed by atoms with Gasteiger partial charge in [0.1, 0.15) is 5.75 Å². The highest BCUT2D eigenvalue weighted by Gasteiger charge is 2.18. The molecule has 0 heterocycles. The third-order valence-corrected chi connectivity index (χ3v) is 3.24. The van der Waals surface area contributed by atoms with E-state index >= 15 is 0 Å². The molecule has 1 unspecified atom stereocenters. The van der Waals surface area contributed by atoms with Gasteiger partial charge < -0.3 is 14.8 Å². The number of amides is 1. The number of carbonyl (C=O) groups excluding carboxylic acids is 2. The second-order valence-electron chi connectivity index (χ2n) is 4.93. The lowest BCUT2D eigenvalue weighted by Crippen LogP contribution is -2.30. The molecule has 0 aliphatic carbocycles. The van der Waals surface area contributed by atoms with Crippen LogP contribution in [0, 0.1) is 11.3 Å². The normalized spacial score (nSPS) is 11.0. The summed E-state index contributed by atoms with van der Waals surface area (Å²) in [7, 11) is 1.27. The molecule has 1 N–H and O–H groups in total. The minimum Gasteiger partial charge on any atom is -0.481 e. The fourth-order valence-corrected chi connectivity index (χ4v) is 2.01. The van der Waals surface area contributed by atoms with Crippen LogP contribution < -0.4 is 10.1 Å². The topological polar surface area (TPSA) is 88.4 Å². The molecule has 6 heteroatoms. The number of benzene rings is 2. The number of anilines is 1. The van der Waals surface area contributed by atoms with Crippen LogP contribution in [0.15, 0.2) is 48.5 Å². The average Bonchev–Trinajstić information content (AvgIpc) is 2.61. The summed E-state index contributed by atoms with van der Waals surface area (Å²) in [6.45, 7) is 1.58. The van der Waals surface area contributed by atoms with E-state index in [4.69, 9.17) is 10.00 Å². The molecule has 0 aromatic heterocycles. The summed E-state index contributed by atoms with van der Waals surface area (Å²) in [5.41, 5.74) is 1.04. The first-order chi connectivity index (χ1) is 11.5. The van der Waals surface area contributed by atoms with E-state index in [0.717, 1.165) is 0 Å². The van der Waals surface area contributed by atoms with Crippen molar-refractivity contribution in [3.8, 4) is 11.8 Å². The van der Waals surface area contributed by atoms with Crippen molar-refractivity contribution in [3.63, 3.8) is 0 Å². The van der Waals surface area contributed by atoms with Crippen molar-refractivity contribution in [2.75, 3.05) is 12.4 Å². The lowest BCUT2D eigenvalue weighted by atomic mass is 10.1. The van der Waals surface area contributed by atoms with Crippen molar-refractivity contribution in [1.82, 2.24) is 0 Å². The molecule has 0 aliphatic rings. The Morgan fingerprint density at radius 1 is 1.17 bits per heavy atom. The second kappa shape index (κ2) is 7.79. The maximum atomic E-state index is 12.3. The number of esters is 1. The first-order valence-corrected chi connectivity index (χ1v) is 7.20. The van der Waals surface area contributed by atoms with E-state index in [-0.39, 0.29) is 5.56 Å². The summed E-state index contributed by atoms with van der Waals surface area (Å²) in [5, 5.41) is 11.5. The summed E-state index contributed by atoms with van der Waals surface area (Å²) in [5.74, 6) is -0.548. The predicted octanol–water partition coefficient (Wildman–Crippen LogP) is 2.75. The van der Waals surface area contributed by atoms with Crippen LogP contribution in [0.25, 0.3) is 0 Å². The van der Waals surface area contributed by atoms with Crippen LogP contribution in [0.2, 0.25) is 0 Å². The van der Waals surface area contributed by atoms with Crippen molar-refractivity contribution in [1.29, 1.82) is 5.26 Å². The predicted molar refractivity (Wildman–Crippen MR) is 87.7 cm³/mol. The molecule has 0 fully saturated rings. The van der Waals surface area contributed by atoms with E-state index in [1.54, 1.807) is 55.5 Å². The van der Waals surface area contributed by atoms with Gasteiger partial charge in [0.05, 0.1) is 30.0 Å². The van der Waals surface area contributed by atoms with Crippen LogP contribution in [0.3, 0.4) is 0 Å². The number of nitrogens with one attached hydrogen (secondary N) is 1. The molecule has 2 aromatic rings. The summed E-state index contributed by atoms with van der Waals surface area (Å²) in [6.07, 6.45) is -0.815. The van der Waals surface area contributed by atoms with Gasteiger partial charge in [-0.15, -0.1) is 0 Å². The van der Waals surface area contributed by atoms with Gasteiger partial charge in [-0.1, -0.05) is 18.2 Å². The molecule has 0 aliphatic heterocycles. The molecule has 0 spiro atoms. The van der Waals surface area contributed by atoms with Crippen LogP contribution in [0.5, 0.6) is 5.75 Å². The van der Waals surface area contributed by atoms with Crippen LogP contribution in [0.1, 0.15) is 22.8 Å². The summed E-state index contributed by atoms with van der Waals surface area (Å²) < 4.78 is 10.2. The lowest BCUT2D eigenvalue weighted by molar-refractivity contribution is -0.122. The molecular formula is C18H16N2O4. The SMILES string of the molecule is COC(=O)c1ccccc1NC(=O)C(C)Oc1cccc(C#N)c1. The van der Waals surface area contributed by atoms with Crippen LogP contribution in [-0.4, -0.2) is 25.1 Å². The van der Waals surface area contributed by atoms with E-state index in [2.05, 4.69) is 10.1 Å².